The van der Waals surface area contributed by atoms with Gasteiger partial charge in [0.15, 0.2) is 0 Å². The Morgan fingerprint density at radius 1 is 0.533 bits per heavy atom. The Morgan fingerprint density at radius 2 is 0.900 bits per heavy atom. The van der Waals surface area contributed by atoms with Gasteiger partial charge in [0.2, 0.25) is 0 Å². The minimum absolute atomic E-state index is 0.0779. The minimum atomic E-state index is 0.0779. The van der Waals surface area contributed by atoms with E-state index < -0.39 is 0 Å². The molecule has 4 aromatic carbocycles. The summed E-state index contributed by atoms with van der Waals surface area (Å²) in [5.41, 5.74) is 4.48. The van der Waals surface area contributed by atoms with Crippen LogP contribution in [0.2, 0.25) is 0 Å². The maximum atomic E-state index is 4.99. The van der Waals surface area contributed by atoms with Crippen molar-refractivity contribution in [1.29, 1.82) is 0 Å². The first-order valence-electron chi connectivity index (χ1n) is 10.6. The maximum absolute atomic E-state index is 4.99. The molecule has 4 aromatic rings. The Kier molecular flexibility index (Phi) is 5.76. The standard InChI is InChI=1S/C28H28N2/c1-19(29-21(3)25-17-9-13-23-11-5-7-15-27(23)25)20(2)30-22(4)26-18-10-14-24-12-6-8-16-28(24)26/h5-18,21-22H,1-4H3/t21-,22-/m0/s1. The summed E-state index contributed by atoms with van der Waals surface area (Å²) in [6, 6.07) is 30.0. The van der Waals surface area contributed by atoms with Gasteiger partial charge in [-0.25, -0.2) is 0 Å². The van der Waals surface area contributed by atoms with E-state index >= 15 is 0 Å². The summed E-state index contributed by atoms with van der Waals surface area (Å²) in [6.45, 7) is 8.45. The van der Waals surface area contributed by atoms with E-state index in [0.29, 0.717) is 0 Å². The zero-order valence-electron chi connectivity index (χ0n) is 18.1. The first-order chi connectivity index (χ1) is 14.5. The zero-order valence-corrected chi connectivity index (χ0v) is 18.1. The highest BCUT2D eigenvalue weighted by Gasteiger charge is 2.11. The van der Waals surface area contributed by atoms with Crippen molar-refractivity contribution in [2.24, 2.45) is 9.98 Å². The van der Waals surface area contributed by atoms with Crippen LogP contribution in [0.3, 0.4) is 0 Å². The Bertz CT molecular complexity index is 1140. The number of rotatable bonds is 5. The molecular formula is C28H28N2. The maximum Gasteiger partial charge on any atom is 0.0730 e. The van der Waals surface area contributed by atoms with Gasteiger partial charge in [0.1, 0.15) is 0 Å². The van der Waals surface area contributed by atoms with E-state index in [4.69, 9.17) is 9.98 Å². The molecule has 0 aromatic heterocycles. The fourth-order valence-electron chi connectivity index (χ4n) is 4.14. The van der Waals surface area contributed by atoms with E-state index in [0.717, 1.165) is 11.4 Å². The average Bonchev–Trinajstić information content (AvgIpc) is 2.78. The van der Waals surface area contributed by atoms with Crippen LogP contribution in [0, 0.1) is 0 Å². The lowest BCUT2D eigenvalue weighted by atomic mass is 9.99. The van der Waals surface area contributed by atoms with E-state index in [1.807, 2.05) is 0 Å². The van der Waals surface area contributed by atoms with Crippen molar-refractivity contribution in [3.05, 3.63) is 96.1 Å². The molecule has 0 bridgehead atoms. The molecule has 30 heavy (non-hydrogen) atoms. The lowest BCUT2D eigenvalue weighted by molar-refractivity contribution is 0.820. The molecule has 4 rings (SSSR count). The molecule has 150 valence electrons. The van der Waals surface area contributed by atoms with Gasteiger partial charge in [-0.1, -0.05) is 84.9 Å². The largest absolute Gasteiger partial charge is 0.280 e. The van der Waals surface area contributed by atoms with E-state index in [1.165, 1.54) is 32.7 Å². The minimum Gasteiger partial charge on any atom is -0.280 e. The molecule has 0 aliphatic carbocycles. The lowest BCUT2D eigenvalue weighted by Crippen LogP contribution is -2.09. The Labute approximate surface area is 179 Å². The van der Waals surface area contributed by atoms with Crippen molar-refractivity contribution in [1.82, 2.24) is 0 Å². The summed E-state index contributed by atoms with van der Waals surface area (Å²) >= 11 is 0. The van der Waals surface area contributed by atoms with Crippen molar-refractivity contribution in [2.45, 2.75) is 39.8 Å². The van der Waals surface area contributed by atoms with Crippen LogP contribution in [0.5, 0.6) is 0 Å². The average molecular weight is 393 g/mol. The van der Waals surface area contributed by atoms with Gasteiger partial charge in [0.05, 0.1) is 23.5 Å². The fourth-order valence-corrected chi connectivity index (χ4v) is 4.14. The summed E-state index contributed by atoms with van der Waals surface area (Å²) in [6.07, 6.45) is 0. The highest BCUT2D eigenvalue weighted by atomic mass is 14.8. The summed E-state index contributed by atoms with van der Waals surface area (Å²) < 4.78 is 0. The van der Waals surface area contributed by atoms with Crippen molar-refractivity contribution in [3.63, 3.8) is 0 Å². The topological polar surface area (TPSA) is 24.7 Å². The molecule has 0 aliphatic heterocycles. The SMILES string of the molecule is CC(=N[C@@H](C)c1cccc2ccccc12)C(C)=N[C@@H](C)c1cccc2ccccc12. The fraction of sp³-hybridized carbons (Fsp3) is 0.214. The number of aliphatic imine (C=N–C) groups is 2. The molecule has 0 fully saturated rings. The molecule has 0 saturated heterocycles. The summed E-state index contributed by atoms with van der Waals surface area (Å²) in [7, 11) is 0. The van der Waals surface area contributed by atoms with Gasteiger partial charge >= 0.3 is 0 Å². The highest BCUT2D eigenvalue weighted by Crippen LogP contribution is 2.28. The number of nitrogens with zero attached hydrogens (tertiary/aromatic N) is 2. The summed E-state index contributed by atoms with van der Waals surface area (Å²) in [5.74, 6) is 0. The predicted molar refractivity (Wildman–Crippen MR) is 131 cm³/mol. The van der Waals surface area contributed by atoms with Crippen molar-refractivity contribution in [3.8, 4) is 0 Å². The van der Waals surface area contributed by atoms with Gasteiger partial charge in [0, 0.05) is 0 Å². The zero-order chi connectivity index (χ0) is 21.1. The van der Waals surface area contributed by atoms with Crippen LogP contribution in [0.4, 0.5) is 0 Å². The Hall–Kier alpha value is -3.26. The van der Waals surface area contributed by atoms with Gasteiger partial charge in [-0.05, 0) is 60.4 Å². The molecule has 0 spiro atoms. The first kappa shape index (κ1) is 20.0. The number of hydrogen-bond donors (Lipinski definition) is 0. The second kappa shape index (κ2) is 8.62. The van der Waals surface area contributed by atoms with Gasteiger partial charge in [-0.3, -0.25) is 9.98 Å². The van der Waals surface area contributed by atoms with Crippen LogP contribution < -0.4 is 0 Å². The molecule has 2 atom stereocenters. The predicted octanol–water partition coefficient (Wildman–Crippen LogP) is 7.74. The molecule has 2 heteroatoms. The van der Waals surface area contributed by atoms with E-state index in [1.54, 1.807) is 0 Å². The second-order valence-corrected chi connectivity index (χ2v) is 7.92. The highest BCUT2D eigenvalue weighted by molar-refractivity contribution is 6.40. The van der Waals surface area contributed by atoms with Crippen LogP contribution in [-0.4, -0.2) is 11.4 Å². The molecule has 0 amide bonds. The Balaban J connectivity index is 1.62. The molecule has 0 aliphatic rings. The number of benzene rings is 4. The van der Waals surface area contributed by atoms with Crippen molar-refractivity contribution >= 4 is 33.0 Å². The van der Waals surface area contributed by atoms with Crippen molar-refractivity contribution in [2.75, 3.05) is 0 Å². The van der Waals surface area contributed by atoms with Crippen LogP contribution in [0.15, 0.2) is 94.9 Å². The first-order valence-corrected chi connectivity index (χ1v) is 10.6. The Morgan fingerprint density at radius 3 is 1.33 bits per heavy atom. The van der Waals surface area contributed by atoms with E-state index in [9.17, 15) is 0 Å². The van der Waals surface area contributed by atoms with Crippen LogP contribution in [-0.2, 0) is 0 Å². The van der Waals surface area contributed by atoms with Crippen molar-refractivity contribution < 1.29 is 0 Å². The molecule has 0 heterocycles. The molecular weight excluding hydrogens is 364 g/mol. The van der Waals surface area contributed by atoms with Gasteiger partial charge < -0.3 is 0 Å². The monoisotopic (exact) mass is 392 g/mol. The van der Waals surface area contributed by atoms with Gasteiger partial charge in [0.25, 0.3) is 0 Å². The van der Waals surface area contributed by atoms with E-state index in [2.05, 4.69) is 113 Å². The number of hydrogen-bond acceptors (Lipinski definition) is 2. The summed E-state index contributed by atoms with van der Waals surface area (Å²) in [5, 5.41) is 5.04. The molecule has 0 unspecified atom stereocenters. The molecule has 0 N–H and O–H groups in total. The van der Waals surface area contributed by atoms with Crippen LogP contribution in [0.25, 0.3) is 21.5 Å². The van der Waals surface area contributed by atoms with Crippen LogP contribution >= 0.6 is 0 Å². The van der Waals surface area contributed by atoms with Gasteiger partial charge in [-0.2, -0.15) is 0 Å². The quantitative estimate of drug-likeness (QED) is 0.310. The summed E-state index contributed by atoms with van der Waals surface area (Å²) in [4.78, 5) is 9.98. The number of fused-ring (bicyclic) bond motifs is 2. The normalized spacial score (nSPS) is 14.8. The third kappa shape index (κ3) is 4.04. The third-order valence-corrected chi connectivity index (χ3v) is 5.85. The van der Waals surface area contributed by atoms with Gasteiger partial charge in [-0.15, -0.1) is 0 Å². The molecule has 2 nitrogen and oxygen atoms in total. The molecule has 0 radical (unpaired) electrons. The molecule has 0 saturated carbocycles. The smallest absolute Gasteiger partial charge is 0.0730 e. The van der Waals surface area contributed by atoms with E-state index in [-0.39, 0.29) is 12.1 Å². The lowest BCUT2D eigenvalue weighted by Gasteiger charge is -2.14. The third-order valence-electron chi connectivity index (χ3n) is 5.85. The second-order valence-electron chi connectivity index (χ2n) is 7.92. The van der Waals surface area contributed by atoms with Crippen LogP contribution in [0.1, 0.15) is 50.9 Å².